The number of allylic oxidation sites excluding steroid dienone is 1. The highest BCUT2D eigenvalue weighted by molar-refractivity contribution is 6.30. The van der Waals surface area contributed by atoms with Crippen molar-refractivity contribution in [2.75, 3.05) is 13.1 Å². The molecule has 3 heterocycles. The van der Waals surface area contributed by atoms with E-state index in [1.807, 2.05) is 31.2 Å². The Hall–Kier alpha value is -2.60. The standard InChI is InChI=1S/C22H26ClN5O/c1-4-20-13-21(18-6-5-7-19(23)12-18)26-28(20)14-15(2)27-10-8-17(9-11-27)22-25-24-16(3)29-22/h5-7,12-13,17H,2,4,8-11,14H2,1,3H3. The van der Waals surface area contributed by atoms with Crippen LogP contribution in [0.3, 0.4) is 0 Å². The Bertz CT molecular complexity index is 1000. The van der Waals surface area contributed by atoms with Gasteiger partial charge < -0.3 is 9.32 Å². The average molecular weight is 412 g/mol. The molecule has 0 radical (unpaired) electrons. The minimum atomic E-state index is 0.339. The normalized spacial score (nSPS) is 15.1. The molecule has 3 aromatic rings. The van der Waals surface area contributed by atoms with E-state index in [2.05, 4.69) is 39.3 Å². The molecule has 1 fully saturated rings. The first-order valence-corrected chi connectivity index (χ1v) is 10.5. The highest BCUT2D eigenvalue weighted by Crippen LogP contribution is 2.29. The molecule has 0 saturated carbocycles. The van der Waals surface area contributed by atoms with Gasteiger partial charge in [0.1, 0.15) is 0 Å². The van der Waals surface area contributed by atoms with E-state index in [-0.39, 0.29) is 0 Å². The summed E-state index contributed by atoms with van der Waals surface area (Å²) in [4.78, 5) is 2.35. The fourth-order valence-electron chi connectivity index (χ4n) is 3.86. The van der Waals surface area contributed by atoms with Crippen molar-refractivity contribution >= 4 is 11.6 Å². The maximum Gasteiger partial charge on any atom is 0.219 e. The van der Waals surface area contributed by atoms with E-state index in [1.54, 1.807) is 0 Å². The Kier molecular flexibility index (Phi) is 5.72. The molecule has 0 N–H and O–H groups in total. The Balaban J connectivity index is 1.42. The number of nitrogens with zero attached hydrogens (tertiary/aromatic N) is 5. The molecule has 6 nitrogen and oxygen atoms in total. The first-order chi connectivity index (χ1) is 14.0. The van der Waals surface area contributed by atoms with E-state index in [0.29, 0.717) is 18.4 Å². The second-order valence-electron chi connectivity index (χ2n) is 7.53. The fraction of sp³-hybridized carbons (Fsp3) is 0.409. The molecule has 1 aliphatic heterocycles. The lowest BCUT2D eigenvalue weighted by Crippen LogP contribution is -2.33. The topological polar surface area (TPSA) is 60.0 Å². The monoisotopic (exact) mass is 411 g/mol. The highest BCUT2D eigenvalue weighted by Gasteiger charge is 2.25. The number of aromatic nitrogens is 4. The van der Waals surface area contributed by atoms with Crippen LogP contribution >= 0.6 is 11.6 Å². The van der Waals surface area contributed by atoms with Gasteiger partial charge in [-0.3, -0.25) is 4.68 Å². The van der Waals surface area contributed by atoms with Crippen LogP contribution in [-0.4, -0.2) is 38.0 Å². The predicted molar refractivity (Wildman–Crippen MR) is 114 cm³/mol. The molecule has 0 bridgehead atoms. The van der Waals surface area contributed by atoms with Crippen LogP contribution in [0.1, 0.15) is 43.2 Å². The van der Waals surface area contributed by atoms with Crippen LogP contribution in [0.4, 0.5) is 0 Å². The van der Waals surface area contributed by atoms with Crippen molar-refractivity contribution in [2.24, 2.45) is 0 Å². The van der Waals surface area contributed by atoms with Gasteiger partial charge in [-0.05, 0) is 37.5 Å². The summed E-state index contributed by atoms with van der Waals surface area (Å²) in [7, 11) is 0. The smallest absolute Gasteiger partial charge is 0.219 e. The third-order valence-electron chi connectivity index (χ3n) is 5.51. The molecule has 29 heavy (non-hydrogen) atoms. The summed E-state index contributed by atoms with van der Waals surface area (Å²) in [6, 6.07) is 9.96. The van der Waals surface area contributed by atoms with E-state index in [4.69, 9.17) is 21.1 Å². The largest absolute Gasteiger partial charge is 0.425 e. The van der Waals surface area contributed by atoms with Crippen LogP contribution in [0.2, 0.25) is 5.02 Å². The van der Waals surface area contributed by atoms with Crippen LogP contribution < -0.4 is 0 Å². The van der Waals surface area contributed by atoms with Crippen LogP contribution in [0, 0.1) is 6.92 Å². The van der Waals surface area contributed by atoms with Gasteiger partial charge in [0.15, 0.2) is 0 Å². The maximum atomic E-state index is 6.15. The van der Waals surface area contributed by atoms with Gasteiger partial charge in [0, 0.05) is 47.9 Å². The van der Waals surface area contributed by atoms with Crippen LogP contribution in [-0.2, 0) is 13.0 Å². The third-order valence-corrected chi connectivity index (χ3v) is 5.75. The van der Waals surface area contributed by atoms with Gasteiger partial charge in [0.05, 0.1) is 12.2 Å². The fourth-order valence-corrected chi connectivity index (χ4v) is 4.05. The molecule has 0 amide bonds. The zero-order valence-electron chi connectivity index (χ0n) is 16.9. The summed E-state index contributed by atoms with van der Waals surface area (Å²) in [6.07, 6.45) is 2.90. The molecular weight excluding hydrogens is 386 g/mol. The summed E-state index contributed by atoms with van der Waals surface area (Å²) in [5, 5.41) is 13.7. The van der Waals surface area contributed by atoms with E-state index >= 15 is 0 Å². The maximum absolute atomic E-state index is 6.15. The zero-order chi connectivity index (χ0) is 20.4. The van der Waals surface area contributed by atoms with E-state index in [1.165, 1.54) is 5.69 Å². The number of halogens is 1. The molecule has 1 aromatic carbocycles. The van der Waals surface area contributed by atoms with Gasteiger partial charge in [-0.1, -0.05) is 37.2 Å². The molecule has 1 aliphatic rings. The molecule has 7 heteroatoms. The first-order valence-electron chi connectivity index (χ1n) is 10.1. The Labute approximate surface area is 176 Å². The van der Waals surface area contributed by atoms with Crippen molar-refractivity contribution < 1.29 is 4.42 Å². The van der Waals surface area contributed by atoms with Crippen molar-refractivity contribution in [3.8, 4) is 11.3 Å². The quantitative estimate of drug-likeness (QED) is 0.580. The summed E-state index contributed by atoms with van der Waals surface area (Å²) in [5.74, 6) is 1.73. The van der Waals surface area contributed by atoms with Gasteiger partial charge >= 0.3 is 0 Å². The number of likely N-dealkylation sites (tertiary alicyclic amines) is 1. The third kappa shape index (κ3) is 4.37. The average Bonchev–Trinajstić information content (AvgIpc) is 3.34. The lowest BCUT2D eigenvalue weighted by Gasteiger charge is -2.33. The molecule has 4 rings (SSSR count). The molecule has 0 atom stereocenters. The number of rotatable bonds is 6. The van der Waals surface area contributed by atoms with Gasteiger partial charge in [0.25, 0.3) is 0 Å². The van der Waals surface area contributed by atoms with E-state index < -0.39 is 0 Å². The lowest BCUT2D eigenvalue weighted by molar-refractivity contribution is 0.233. The molecule has 0 unspecified atom stereocenters. The van der Waals surface area contributed by atoms with Crippen molar-refractivity contribution in [3.05, 3.63) is 65.1 Å². The summed E-state index contributed by atoms with van der Waals surface area (Å²) < 4.78 is 7.67. The first kappa shape index (κ1) is 19.7. The molecule has 0 spiro atoms. The minimum Gasteiger partial charge on any atom is -0.425 e. The molecular formula is C22H26ClN5O. The highest BCUT2D eigenvalue weighted by atomic mass is 35.5. The Morgan fingerprint density at radius 2 is 2.03 bits per heavy atom. The van der Waals surface area contributed by atoms with Crippen molar-refractivity contribution in [3.63, 3.8) is 0 Å². The van der Waals surface area contributed by atoms with Gasteiger partial charge in [-0.2, -0.15) is 5.10 Å². The van der Waals surface area contributed by atoms with Gasteiger partial charge in [0.2, 0.25) is 11.8 Å². The lowest BCUT2D eigenvalue weighted by atomic mass is 9.96. The molecule has 152 valence electrons. The number of piperidine rings is 1. The summed E-state index contributed by atoms with van der Waals surface area (Å²) in [6.45, 7) is 10.9. The molecule has 2 aromatic heterocycles. The van der Waals surface area contributed by atoms with Crippen LogP contribution in [0.15, 0.2) is 47.0 Å². The van der Waals surface area contributed by atoms with Crippen LogP contribution in [0.5, 0.6) is 0 Å². The minimum absolute atomic E-state index is 0.339. The van der Waals surface area contributed by atoms with E-state index in [9.17, 15) is 0 Å². The summed E-state index contributed by atoms with van der Waals surface area (Å²) >= 11 is 6.15. The van der Waals surface area contributed by atoms with Gasteiger partial charge in [-0.15, -0.1) is 10.2 Å². The number of aryl methyl sites for hydroxylation is 2. The van der Waals surface area contributed by atoms with Crippen LogP contribution in [0.25, 0.3) is 11.3 Å². The van der Waals surface area contributed by atoms with Gasteiger partial charge in [-0.25, -0.2) is 0 Å². The Morgan fingerprint density at radius 1 is 1.24 bits per heavy atom. The number of hydrogen-bond donors (Lipinski definition) is 0. The van der Waals surface area contributed by atoms with Crippen molar-refractivity contribution in [2.45, 2.75) is 45.6 Å². The zero-order valence-corrected chi connectivity index (χ0v) is 17.7. The van der Waals surface area contributed by atoms with E-state index in [0.717, 1.165) is 60.2 Å². The number of benzene rings is 1. The van der Waals surface area contributed by atoms with Crippen molar-refractivity contribution in [1.82, 2.24) is 24.9 Å². The Morgan fingerprint density at radius 3 is 2.69 bits per heavy atom. The summed E-state index contributed by atoms with van der Waals surface area (Å²) in [5.41, 5.74) is 4.26. The van der Waals surface area contributed by atoms with Crippen molar-refractivity contribution in [1.29, 1.82) is 0 Å². The second-order valence-corrected chi connectivity index (χ2v) is 7.97. The predicted octanol–water partition coefficient (Wildman–Crippen LogP) is 4.85. The molecule has 0 aliphatic carbocycles. The molecule has 1 saturated heterocycles. The second kappa shape index (κ2) is 8.41. The SMILES string of the molecule is C=C(Cn1nc(-c2cccc(Cl)c2)cc1CC)N1CCC(c2nnc(C)o2)CC1. The number of hydrogen-bond acceptors (Lipinski definition) is 5.